The topological polar surface area (TPSA) is 64.7 Å². The molecule has 0 fully saturated rings. The number of hydrogen-bond acceptors (Lipinski definition) is 3. The van der Waals surface area contributed by atoms with Crippen molar-refractivity contribution in [3.05, 3.63) is 34.9 Å². The molecule has 0 atom stereocenters. The smallest absolute Gasteiger partial charge is 0.291 e. The lowest BCUT2D eigenvalue weighted by molar-refractivity contribution is -0.138. The minimum absolute atomic E-state index is 0.337. The highest BCUT2D eigenvalue weighted by Crippen LogP contribution is 2.33. The molecular weight excluding hydrogens is 245 g/mol. The Morgan fingerprint density at radius 1 is 1.28 bits per heavy atom. The molecule has 0 unspecified atom stereocenters. The summed E-state index contributed by atoms with van der Waals surface area (Å²) in [7, 11) is 0. The van der Waals surface area contributed by atoms with Crippen molar-refractivity contribution in [1.29, 1.82) is 10.5 Å². The maximum atomic E-state index is 12.7. The molecule has 0 saturated carbocycles. The summed E-state index contributed by atoms with van der Waals surface area (Å²) >= 11 is 0. The highest BCUT2D eigenvalue weighted by molar-refractivity contribution is 6.02. The Morgan fingerprint density at radius 3 is 2.28 bits per heavy atom. The number of nitrogens with zero attached hydrogens (tertiary/aromatic N) is 2. The molecule has 0 heterocycles. The van der Waals surface area contributed by atoms with E-state index < -0.39 is 29.0 Å². The lowest BCUT2D eigenvalue weighted by atomic mass is 9.94. The van der Waals surface area contributed by atoms with Crippen LogP contribution in [0, 0.1) is 35.5 Å². The van der Waals surface area contributed by atoms with E-state index in [1.54, 1.807) is 0 Å². The highest BCUT2D eigenvalue weighted by Gasteiger charge is 2.36. The predicted molar refractivity (Wildman–Crippen MR) is 55.2 cm³/mol. The van der Waals surface area contributed by atoms with Gasteiger partial charge in [0.25, 0.3) is 0 Å². The minimum atomic E-state index is -4.70. The van der Waals surface area contributed by atoms with Crippen LogP contribution in [0.15, 0.2) is 18.2 Å². The van der Waals surface area contributed by atoms with Gasteiger partial charge < -0.3 is 0 Å². The number of alkyl halides is 3. The third-order valence-electron chi connectivity index (χ3n) is 2.27. The van der Waals surface area contributed by atoms with Crippen molar-refractivity contribution in [2.75, 3.05) is 0 Å². The number of nitriles is 2. The molecular formula is C12H7F3N2O. The number of aryl methyl sites for hydroxylation is 1. The van der Waals surface area contributed by atoms with Gasteiger partial charge >= 0.3 is 6.18 Å². The van der Waals surface area contributed by atoms with Crippen molar-refractivity contribution >= 4 is 5.78 Å². The Bertz CT molecular complexity index is 550. The van der Waals surface area contributed by atoms with Gasteiger partial charge in [-0.15, -0.1) is 0 Å². The minimum Gasteiger partial charge on any atom is -0.291 e. The van der Waals surface area contributed by atoms with Gasteiger partial charge in [-0.25, -0.2) is 0 Å². The average Bonchev–Trinajstić information content (AvgIpc) is 2.29. The molecule has 6 heteroatoms. The van der Waals surface area contributed by atoms with Crippen molar-refractivity contribution < 1.29 is 18.0 Å². The van der Waals surface area contributed by atoms with Crippen LogP contribution in [0.5, 0.6) is 0 Å². The van der Waals surface area contributed by atoms with E-state index in [1.165, 1.54) is 25.1 Å². The summed E-state index contributed by atoms with van der Waals surface area (Å²) in [4.78, 5) is 11.6. The molecule has 1 rings (SSSR count). The van der Waals surface area contributed by atoms with Gasteiger partial charge in [0.2, 0.25) is 0 Å². The van der Waals surface area contributed by atoms with E-state index >= 15 is 0 Å². The first-order chi connectivity index (χ1) is 8.31. The largest absolute Gasteiger partial charge is 0.417 e. The molecule has 1 aromatic rings. The molecule has 0 amide bonds. The van der Waals surface area contributed by atoms with Gasteiger partial charge in [-0.05, 0) is 13.0 Å². The van der Waals surface area contributed by atoms with Crippen molar-refractivity contribution in [3.63, 3.8) is 0 Å². The fourth-order valence-electron chi connectivity index (χ4n) is 1.41. The highest BCUT2D eigenvalue weighted by atomic mass is 19.4. The summed E-state index contributed by atoms with van der Waals surface area (Å²) in [6, 6.07) is 5.86. The first-order valence-electron chi connectivity index (χ1n) is 4.82. The Balaban J connectivity index is 3.39. The normalized spacial score (nSPS) is 10.8. The van der Waals surface area contributed by atoms with Gasteiger partial charge in [-0.1, -0.05) is 17.7 Å². The van der Waals surface area contributed by atoms with Crippen LogP contribution >= 0.6 is 0 Å². The SMILES string of the molecule is Cc1ccc(C(=O)C(C#N)C#N)c(C(F)(F)F)c1. The van der Waals surface area contributed by atoms with E-state index in [0.717, 1.165) is 12.1 Å². The number of Topliss-reactive ketones (excluding diaryl/α,β-unsaturated/α-hetero) is 1. The second-order valence-electron chi connectivity index (χ2n) is 3.60. The molecule has 0 spiro atoms. The fraction of sp³-hybridized carbons (Fsp3) is 0.250. The molecule has 0 aliphatic carbocycles. The van der Waals surface area contributed by atoms with E-state index in [-0.39, 0.29) is 0 Å². The van der Waals surface area contributed by atoms with Crippen LogP contribution in [0.2, 0.25) is 0 Å². The second kappa shape index (κ2) is 4.89. The van der Waals surface area contributed by atoms with Gasteiger partial charge in [-0.3, -0.25) is 4.79 Å². The monoisotopic (exact) mass is 252 g/mol. The molecule has 0 aliphatic heterocycles. The van der Waals surface area contributed by atoms with Crippen molar-refractivity contribution in [2.24, 2.45) is 5.92 Å². The van der Waals surface area contributed by atoms with Crippen molar-refractivity contribution in [3.8, 4) is 12.1 Å². The average molecular weight is 252 g/mol. The molecule has 0 aliphatic rings. The van der Waals surface area contributed by atoms with Crippen LogP contribution in [0.4, 0.5) is 13.2 Å². The number of carbonyl (C=O) groups is 1. The zero-order valence-electron chi connectivity index (χ0n) is 9.25. The van der Waals surface area contributed by atoms with Crippen LogP contribution in [-0.4, -0.2) is 5.78 Å². The number of ketones is 1. The molecule has 0 bridgehead atoms. The zero-order valence-corrected chi connectivity index (χ0v) is 9.25. The quantitative estimate of drug-likeness (QED) is 0.760. The standard InChI is InChI=1S/C12H7F3N2O/c1-7-2-3-9(10(4-7)12(13,14)15)11(18)8(5-16)6-17/h2-4,8H,1H3. The first-order valence-corrected chi connectivity index (χ1v) is 4.82. The predicted octanol–water partition coefficient (Wildman–Crippen LogP) is 2.86. The van der Waals surface area contributed by atoms with Gasteiger partial charge in [0.15, 0.2) is 11.7 Å². The maximum Gasteiger partial charge on any atom is 0.417 e. The number of benzene rings is 1. The lowest BCUT2D eigenvalue weighted by Gasteiger charge is -2.12. The second-order valence-corrected chi connectivity index (χ2v) is 3.60. The Kier molecular flexibility index (Phi) is 3.73. The van der Waals surface area contributed by atoms with Gasteiger partial charge in [-0.2, -0.15) is 23.7 Å². The summed E-state index contributed by atoms with van der Waals surface area (Å²) in [5, 5.41) is 17.1. The summed E-state index contributed by atoms with van der Waals surface area (Å²) in [6.45, 7) is 1.45. The molecule has 1 aromatic carbocycles. The molecule has 18 heavy (non-hydrogen) atoms. The summed E-state index contributed by atoms with van der Waals surface area (Å²) in [6.07, 6.45) is -4.70. The number of halogens is 3. The van der Waals surface area contributed by atoms with E-state index in [9.17, 15) is 18.0 Å². The van der Waals surface area contributed by atoms with Crippen LogP contribution in [0.1, 0.15) is 21.5 Å². The lowest BCUT2D eigenvalue weighted by Crippen LogP contribution is -2.18. The first kappa shape index (κ1) is 13.7. The van der Waals surface area contributed by atoms with Crippen molar-refractivity contribution in [2.45, 2.75) is 13.1 Å². The van der Waals surface area contributed by atoms with Crippen LogP contribution in [0.3, 0.4) is 0 Å². The molecule has 0 radical (unpaired) electrons. The van der Waals surface area contributed by atoms with Gasteiger partial charge in [0.05, 0.1) is 17.7 Å². The molecule has 3 nitrogen and oxygen atoms in total. The Hall–Kier alpha value is -2.34. The molecule has 92 valence electrons. The molecule has 0 saturated heterocycles. The van der Waals surface area contributed by atoms with Crippen LogP contribution < -0.4 is 0 Å². The fourth-order valence-corrected chi connectivity index (χ4v) is 1.41. The summed E-state index contributed by atoms with van der Waals surface area (Å²) in [5.74, 6) is -2.86. The summed E-state index contributed by atoms with van der Waals surface area (Å²) in [5.41, 5.74) is -1.44. The zero-order chi connectivity index (χ0) is 13.9. The van der Waals surface area contributed by atoms with E-state index in [2.05, 4.69) is 0 Å². The molecule has 0 aromatic heterocycles. The Morgan fingerprint density at radius 2 is 1.83 bits per heavy atom. The van der Waals surface area contributed by atoms with E-state index in [1.807, 2.05) is 0 Å². The third-order valence-corrected chi connectivity index (χ3v) is 2.27. The van der Waals surface area contributed by atoms with E-state index in [4.69, 9.17) is 10.5 Å². The Labute approximate surface area is 101 Å². The summed E-state index contributed by atoms with van der Waals surface area (Å²) < 4.78 is 38.2. The number of rotatable bonds is 2. The number of hydrogen-bond donors (Lipinski definition) is 0. The molecule has 0 N–H and O–H groups in total. The van der Waals surface area contributed by atoms with Gasteiger partial charge in [0, 0.05) is 5.56 Å². The van der Waals surface area contributed by atoms with E-state index in [0.29, 0.717) is 5.56 Å². The van der Waals surface area contributed by atoms with Crippen molar-refractivity contribution in [1.82, 2.24) is 0 Å². The van der Waals surface area contributed by atoms with Gasteiger partial charge in [0.1, 0.15) is 0 Å². The van der Waals surface area contributed by atoms with Crippen LogP contribution in [0.25, 0.3) is 0 Å². The third kappa shape index (κ3) is 2.67. The maximum absolute atomic E-state index is 12.7. The van der Waals surface area contributed by atoms with Crippen LogP contribution in [-0.2, 0) is 6.18 Å². The number of carbonyl (C=O) groups excluding carboxylic acids is 1.